The van der Waals surface area contributed by atoms with Crippen molar-refractivity contribution in [2.75, 3.05) is 0 Å². The minimum absolute atomic E-state index is 0.155. The quantitative estimate of drug-likeness (QED) is 0.782. The molecule has 1 aliphatic carbocycles. The minimum atomic E-state index is -1.02. The Morgan fingerprint density at radius 1 is 1.18 bits per heavy atom. The number of nitrogens with one attached hydrogen (secondary N) is 2. The third-order valence-corrected chi connectivity index (χ3v) is 4.24. The molecule has 0 spiro atoms. The molecule has 2 rings (SSSR count). The lowest BCUT2D eigenvalue weighted by atomic mass is 9.87. The number of rotatable bonds is 5. The van der Waals surface area contributed by atoms with Gasteiger partial charge in [-0.3, -0.25) is 0 Å². The van der Waals surface area contributed by atoms with Crippen LogP contribution in [0.25, 0.3) is 0 Å². The van der Waals surface area contributed by atoms with Crippen molar-refractivity contribution in [2.45, 2.75) is 51.1 Å². The van der Waals surface area contributed by atoms with E-state index in [9.17, 15) is 14.7 Å². The van der Waals surface area contributed by atoms with Crippen molar-refractivity contribution >= 4 is 12.0 Å². The van der Waals surface area contributed by atoms with Crippen LogP contribution >= 0.6 is 0 Å². The van der Waals surface area contributed by atoms with Crippen LogP contribution in [0.5, 0.6) is 0 Å². The topological polar surface area (TPSA) is 78.4 Å². The second kappa shape index (κ2) is 7.82. The summed E-state index contributed by atoms with van der Waals surface area (Å²) in [7, 11) is 0. The van der Waals surface area contributed by atoms with E-state index in [1.165, 1.54) is 0 Å². The predicted molar refractivity (Wildman–Crippen MR) is 84.7 cm³/mol. The highest BCUT2D eigenvalue weighted by atomic mass is 16.4. The molecule has 0 heterocycles. The summed E-state index contributed by atoms with van der Waals surface area (Å²) < 4.78 is 0. The summed E-state index contributed by atoms with van der Waals surface area (Å²) in [6, 6.07) is 8.17. The Kier molecular flexibility index (Phi) is 5.81. The van der Waals surface area contributed by atoms with Gasteiger partial charge in [0.2, 0.25) is 0 Å². The number of carbonyl (C=O) groups is 2. The molecular weight excluding hydrogens is 280 g/mol. The van der Waals surface area contributed by atoms with E-state index in [1.54, 1.807) is 0 Å². The van der Waals surface area contributed by atoms with Crippen LogP contribution in [0.2, 0.25) is 0 Å². The number of amides is 2. The van der Waals surface area contributed by atoms with Crippen LogP contribution in [0.15, 0.2) is 30.3 Å². The zero-order valence-electron chi connectivity index (χ0n) is 12.9. The van der Waals surface area contributed by atoms with Crippen molar-refractivity contribution in [3.05, 3.63) is 35.9 Å². The second-order valence-electron chi connectivity index (χ2n) is 6.16. The fourth-order valence-corrected chi connectivity index (χ4v) is 2.84. The molecule has 120 valence electrons. The first-order chi connectivity index (χ1) is 10.5. The molecule has 5 heteroatoms. The standard InChI is InChI=1S/C17H24N2O3/c1-12-7-9-14(10-8-12)18-17(22)19-15(16(20)21)11-13-5-3-2-4-6-13/h2-6,12,14-15H,7-11H2,1H3,(H,20,21)(H2,18,19,22). The summed E-state index contributed by atoms with van der Waals surface area (Å²) in [4.78, 5) is 23.3. The summed E-state index contributed by atoms with van der Waals surface area (Å²) in [5, 5.41) is 14.8. The van der Waals surface area contributed by atoms with Crippen LogP contribution < -0.4 is 10.6 Å². The largest absolute Gasteiger partial charge is 0.480 e. The molecule has 0 aromatic heterocycles. The Morgan fingerprint density at radius 3 is 2.41 bits per heavy atom. The van der Waals surface area contributed by atoms with Gasteiger partial charge in [-0.15, -0.1) is 0 Å². The van der Waals surface area contributed by atoms with Gasteiger partial charge in [0.25, 0.3) is 0 Å². The van der Waals surface area contributed by atoms with Gasteiger partial charge in [0.15, 0.2) is 0 Å². The number of urea groups is 1. The summed E-state index contributed by atoms with van der Waals surface area (Å²) >= 11 is 0. The number of aliphatic carboxylic acids is 1. The van der Waals surface area contributed by atoms with Crippen molar-refractivity contribution in [3.63, 3.8) is 0 Å². The molecular formula is C17H24N2O3. The monoisotopic (exact) mass is 304 g/mol. The molecule has 0 radical (unpaired) electrons. The van der Waals surface area contributed by atoms with E-state index in [0.717, 1.165) is 31.2 Å². The molecule has 1 aliphatic rings. The number of carboxylic acid groups (broad SMARTS) is 1. The predicted octanol–water partition coefficient (Wildman–Crippen LogP) is 2.56. The maximum atomic E-state index is 12.0. The van der Waals surface area contributed by atoms with Gasteiger partial charge >= 0.3 is 12.0 Å². The molecule has 1 saturated carbocycles. The van der Waals surface area contributed by atoms with E-state index in [0.29, 0.717) is 5.92 Å². The van der Waals surface area contributed by atoms with Crippen LogP contribution in [-0.2, 0) is 11.2 Å². The first-order valence-corrected chi connectivity index (χ1v) is 7.88. The van der Waals surface area contributed by atoms with Crippen LogP contribution in [0, 0.1) is 5.92 Å². The van der Waals surface area contributed by atoms with Gasteiger partial charge in [-0.25, -0.2) is 9.59 Å². The van der Waals surface area contributed by atoms with Crippen LogP contribution in [0.3, 0.4) is 0 Å². The highest BCUT2D eigenvalue weighted by Crippen LogP contribution is 2.23. The fourth-order valence-electron chi connectivity index (χ4n) is 2.84. The van der Waals surface area contributed by atoms with Crippen molar-refractivity contribution in [3.8, 4) is 0 Å². The Bertz CT molecular complexity index is 496. The smallest absolute Gasteiger partial charge is 0.326 e. The van der Waals surface area contributed by atoms with E-state index in [-0.39, 0.29) is 18.5 Å². The molecule has 0 bridgehead atoms. The van der Waals surface area contributed by atoms with Crippen LogP contribution in [0.1, 0.15) is 38.2 Å². The number of carboxylic acids is 1. The third-order valence-electron chi connectivity index (χ3n) is 4.24. The summed E-state index contributed by atoms with van der Waals surface area (Å²) in [6.45, 7) is 2.22. The van der Waals surface area contributed by atoms with Crippen molar-refractivity contribution < 1.29 is 14.7 Å². The summed E-state index contributed by atoms with van der Waals surface area (Å²) in [5.41, 5.74) is 0.890. The number of hydrogen-bond donors (Lipinski definition) is 3. The first-order valence-electron chi connectivity index (χ1n) is 7.88. The Hall–Kier alpha value is -2.04. The molecule has 2 amide bonds. The Morgan fingerprint density at radius 2 is 1.82 bits per heavy atom. The second-order valence-corrected chi connectivity index (χ2v) is 6.16. The lowest BCUT2D eigenvalue weighted by molar-refractivity contribution is -0.139. The third kappa shape index (κ3) is 5.06. The fraction of sp³-hybridized carbons (Fsp3) is 0.529. The SMILES string of the molecule is CC1CCC(NC(=O)NC(Cc2ccccc2)C(=O)O)CC1. The molecule has 1 fully saturated rings. The van der Waals surface area contributed by atoms with E-state index >= 15 is 0 Å². The minimum Gasteiger partial charge on any atom is -0.480 e. The number of carbonyl (C=O) groups excluding carboxylic acids is 1. The van der Waals surface area contributed by atoms with E-state index in [2.05, 4.69) is 17.6 Å². The molecule has 1 unspecified atom stereocenters. The maximum Gasteiger partial charge on any atom is 0.326 e. The molecule has 0 saturated heterocycles. The van der Waals surface area contributed by atoms with E-state index in [1.807, 2.05) is 30.3 Å². The molecule has 0 aliphatic heterocycles. The van der Waals surface area contributed by atoms with Crippen molar-refractivity contribution in [1.82, 2.24) is 10.6 Å². The molecule has 5 nitrogen and oxygen atoms in total. The average Bonchev–Trinajstić information content (AvgIpc) is 2.50. The van der Waals surface area contributed by atoms with Gasteiger partial charge in [-0.2, -0.15) is 0 Å². The molecule has 22 heavy (non-hydrogen) atoms. The summed E-state index contributed by atoms with van der Waals surface area (Å²) in [5.74, 6) is -0.303. The van der Waals surface area contributed by atoms with Gasteiger partial charge < -0.3 is 15.7 Å². The Balaban J connectivity index is 1.85. The molecule has 1 aromatic rings. The van der Waals surface area contributed by atoms with Gasteiger partial charge in [-0.05, 0) is 37.2 Å². The van der Waals surface area contributed by atoms with E-state index in [4.69, 9.17) is 0 Å². The molecule has 1 atom stereocenters. The van der Waals surface area contributed by atoms with Gasteiger partial charge in [0.05, 0.1) is 0 Å². The van der Waals surface area contributed by atoms with Crippen LogP contribution in [-0.4, -0.2) is 29.2 Å². The van der Waals surface area contributed by atoms with Crippen LogP contribution in [0.4, 0.5) is 4.79 Å². The number of benzene rings is 1. The Labute approximate surface area is 131 Å². The lowest BCUT2D eigenvalue weighted by Gasteiger charge is -2.27. The normalized spacial score (nSPS) is 22.6. The van der Waals surface area contributed by atoms with Crippen molar-refractivity contribution in [1.29, 1.82) is 0 Å². The van der Waals surface area contributed by atoms with Gasteiger partial charge in [0.1, 0.15) is 6.04 Å². The summed E-state index contributed by atoms with van der Waals surface area (Å²) in [6.07, 6.45) is 4.43. The molecule has 3 N–H and O–H groups in total. The maximum absolute atomic E-state index is 12.0. The highest BCUT2D eigenvalue weighted by Gasteiger charge is 2.23. The number of hydrogen-bond acceptors (Lipinski definition) is 2. The van der Waals surface area contributed by atoms with Crippen molar-refractivity contribution in [2.24, 2.45) is 5.92 Å². The van der Waals surface area contributed by atoms with Gasteiger partial charge in [-0.1, -0.05) is 37.3 Å². The average molecular weight is 304 g/mol. The highest BCUT2D eigenvalue weighted by molar-refractivity contribution is 5.82. The lowest BCUT2D eigenvalue weighted by Crippen LogP contribution is -2.50. The zero-order valence-corrected chi connectivity index (χ0v) is 12.9. The zero-order chi connectivity index (χ0) is 15.9. The van der Waals surface area contributed by atoms with Gasteiger partial charge in [0, 0.05) is 12.5 Å². The molecule has 1 aromatic carbocycles. The first kappa shape index (κ1) is 16.3. The van der Waals surface area contributed by atoms with E-state index < -0.39 is 12.0 Å².